The summed E-state index contributed by atoms with van der Waals surface area (Å²) in [5.74, 6) is 0.767. The van der Waals surface area contributed by atoms with Crippen molar-refractivity contribution in [3.63, 3.8) is 0 Å². The van der Waals surface area contributed by atoms with Crippen LogP contribution < -0.4 is 5.32 Å². The molecule has 0 atom stereocenters. The van der Waals surface area contributed by atoms with E-state index in [1.807, 2.05) is 24.3 Å². The summed E-state index contributed by atoms with van der Waals surface area (Å²) < 4.78 is 0. The van der Waals surface area contributed by atoms with Gasteiger partial charge >= 0.3 is 0 Å². The molecular weight excluding hydrogens is 202 g/mol. The largest absolute Gasteiger partial charge is 0.340 e. The molecule has 2 N–H and O–H groups in total. The third-order valence-corrected chi connectivity index (χ3v) is 2.33. The fourth-order valence-electron chi connectivity index (χ4n) is 1.58. The standard InChI is InChI=1S/C11H9N5/c1-2-9(8-6-14-16-10(8)3-1)15-11-4-5-12-7-13-11/h1-7H,(H,14,16)(H,12,13,15). The lowest BCUT2D eigenvalue weighted by Crippen LogP contribution is -1.93. The summed E-state index contributed by atoms with van der Waals surface area (Å²) in [6, 6.07) is 7.75. The van der Waals surface area contributed by atoms with E-state index in [0.717, 1.165) is 22.4 Å². The maximum atomic E-state index is 4.11. The summed E-state index contributed by atoms with van der Waals surface area (Å²) >= 11 is 0. The van der Waals surface area contributed by atoms with E-state index in [0.29, 0.717) is 0 Å². The van der Waals surface area contributed by atoms with Crippen molar-refractivity contribution in [1.82, 2.24) is 20.2 Å². The Morgan fingerprint density at radius 1 is 1.19 bits per heavy atom. The van der Waals surface area contributed by atoms with E-state index in [4.69, 9.17) is 0 Å². The van der Waals surface area contributed by atoms with Gasteiger partial charge in [-0.15, -0.1) is 0 Å². The Hall–Kier alpha value is -2.43. The number of nitrogens with zero attached hydrogens (tertiary/aromatic N) is 3. The van der Waals surface area contributed by atoms with Crippen LogP contribution in [0.15, 0.2) is 43.0 Å². The molecule has 0 spiro atoms. The molecule has 0 radical (unpaired) electrons. The van der Waals surface area contributed by atoms with Crippen molar-refractivity contribution >= 4 is 22.4 Å². The number of aromatic nitrogens is 4. The van der Waals surface area contributed by atoms with Crippen molar-refractivity contribution in [1.29, 1.82) is 0 Å². The van der Waals surface area contributed by atoms with Gasteiger partial charge in [-0.05, 0) is 18.2 Å². The van der Waals surface area contributed by atoms with Gasteiger partial charge in [0.05, 0.1) is 17.4 Å². The van der Waals surface area contributed by atoms with Gasteiger partial charge < -0.3 is 5.32 Å². The highest BCUT2D eigenvalue weighted by Crippen LogP contribution is 2.23. The minimum absolute atomic E-state index is 0.767. The number of fused-ring (bicyclic) bond motifs is 1. The highest BCUT2D eigenvalue weighted by Gasteiger charge is 2.02. The molecule has 5 heteroatoms. The zero-order valence-electron chi connectivity index (χ0n) is 8.38. The van der Waals surface area contributed by atoms with Gasteiger partial charge in [0, 0.05) is 11.6 Å². The Balaban J connectivity index is 2.04. The van der Waals surface area contributed by atoms with E-state index in [1.54, 1.807) is 12.4 Å². The summed E-state index contributed by atoms with van der Waals surface area (Å²) in [7, 11) is 0. The van der Waals surface area contributed by atoms with Crippen LogP contribution in [0.5, 0.6) is 0 Å². The Morgan fingerprint density at radius 2 is 2.19 bits per heavy atom. The van der Waals surface area contributed by atoms with Crippen LogP contribution in [0, 0.1) is 0 Å². The molecule has 0 aliphatic rings. The topological polar surface area (TPSA) is 66.5 Å². The average molecular weight is 211 g/mol. The fraction of sp³-hybridized carbons (Fsp3) is 0. The molecule has 0 saturated heterocycles. The lowest BCUT2D eigenvalue weighted by atomic mass is 10.2. The molecule has 78 valence electrons. The molecule has 0 amide bonds. The van der Waals surface area contributed by atoms with Crippen molar-refractivity contribution in [2.75, 3.05) is 5.32 Å². The van der Waals surface area contributed by atoms with Crippen LogP contribution in [0.4, 0.5) is 11.5 Å². The minimum atomic E-state index is 0.767. The molecule has 0 bridgehead atoms. The lowest BCUT2D eigenvalue weighted by Gasteiger charge is -2.05. The second kappa shape index (κ2) is 3.62. The second-order valence-corrected chi connectivity index (χ2v) is 3.36. The summed E-state index contributed by atoms with van der Waals surface area (Å²) in [5.41, 5.74) is 1.98. The maximum absolute atomic E-state index is 4.11. The number of hydrogen-bond acceptors (Lipinski definition) is 4. The number of aromatic amines is 1. The van der Waals surface area contributed by atoms with E-state index in [2.05, 4.69) is 25.5 Å². The molecule has 16 heavy (non-hydrogen) atoms. The maximum Gasteiger partial charge on any atom is 0.133 e. The van der Waals surface area contributed by atoms with Crippen LogP contribution in [0.1, 0.15) is 0 Å². The van der Waals surface area contributed by atoms with Gasteiger partial charge in [0.1, 0.15) is 12.1 Å². The van der Waals surface area contributed by atoms with E-state index in [9.17, 15) is 0 Å². The Bertz CT molecular complexity index is 602. The molecule has 0 unspecified atom stereocenters. The van der Waals surface area contributed by atoms with E-state index >= 15 is 0 Å². The molecule has 3 aromatic rings. The summed E-state index contributed by atoms with van der Waals surface area (Å²) in [4.78, 5) is 7.98. The van der Waals surface area contributed by atoms with Crippen LogP contribution in [0.3, 0.4) is 0 Å². The van der Waals surface area contributed by atoms with E-state index in [-0.39, 0.29) is 0 Å². The average Bonchev–Trinajstić information content (AvgIpc) is 2.80. The smallest absolute Gasteiger partial charge is 0.133 e. The van der Waals surface area contributed by atoms with E-state index < -0.39 is 0 Å². The fourth-order valence-corrected chi connectivity index (χ4v) is 1.58. The molecule has 2 heterocycles. The first-order valence-corrected chi connectivity index (χ1v) is 4.88. The van der Waals surface area contributed by atoms with Gasteiger partial charge in [-0.3, -0.25) is 5.10 Å². The van der Waals surface area contributed by atoms with Crippen molar-refractivity contribution in [3.05, 3.63) is 43.0 Å². The highest BCUT2D eigenvalue weighted by atomic mass is 15.1. The summed E-state index contributed by atoms with van der Waals surface area (Å²) in [5, 5.41) is 11.2. The first-order chi connectivity index (χ1) is 7.93. The second-order valence-electron chi connectivity index (χ2n) is 3.36. The predicted octanol–water partition coefficient (Wildman–Crippen LogP) is 2.10. The SMILES string of the molecule is c1cc(Nc2ccncn2)c2cn[nH]c2c1. The van der Waals surface area contributed by atoms with Crippen LogP contribution in [0.25, 0.3) is 10.9 Å². The third-order valence-electron chi connectivity index (χ3n) is 2.33. The number of anilines is 2. The minimum Gasteiger partial charge on any atom is -0.340 e. The molecule has 1 aromatic carbocycles. The molecular formula is C11H9N5. The quantitative estimate of drug-likeness (QED) is 0.681. The third kappa shape index (κ3) is 1.48. The van der Waals surface area contributed by atoms with Crippen molar-refractivity contribution in [2.24, 2.45) is 0 Å². The molecule has 3 rings (SSSR count). The van der Waals surface area contributed by atoms with Crippen LogP contribution in [0.2, 0.25) is 0 Å². The molecule has 5 nitrogen and oxygen atoms in total. The monoisotopic (exact) mass is 211 g/mol. The molecule has 0 fully saturated rings. The molecule has 0 aliphatic heterocycles. The van der Waals surface area contributed by atoms with Crippen molar-refractivity contribution in [2.45, 2.75) is 0 Å². The van der Waals surface area contributed by atoms with Gasteiger partial charge in [-0.1, -0.05) is 6.07 Å². The molecule has 2 aromatic heterocycles. The highest BCUT2D eigenvalue weighted by molar-refractivity contribution is 5.92. The molecule has 0 saturated carbocycles. The lowest BCUT2D eigenvalue weighted by molar-refractivity contribution is 1.12. The van der Waals surface area contributed by atoms with Crippen LogP contribution in [-0.2, 0) is 0 Å². The number of benzene rings is 1. The Morgan fingerprint density at radius 3 is 3.06 bits per heavy atom. The zero-order chi connectivity index (χ0) is 10.8. The Labute approximate surface area is 91.6 Å². The number of H-pyrrole nitrogens is 1. The predicted molar refractivity (Wildman–Crippen MR) is 61.4 cm³/mol. The van der Waals surface area contributed by atoms with Crippen LogP contribution >= 0.6 is 0 Å². The van der Waals surface area contributed by atoms with Gasteiger partial charge in [-0.2, -0.15) is 5.10 Å². The van der Waals surface area contributed by atoms with Gasteiger partial charge in [0.25, 0.3) is 0 Å². The molecule has 0 aliphatic carbocycles. The number of rotatable bonds is 2. The zero-order valence-corrected chi connectivity index (χ0v) is 8.38. The van der Waals surface area contributed by atoms with Crippen molar-refractivity contribution < 1.29 is 0 Å². The number of nitrogens with one attached hydrogen (secondary N) is 2. The van der Waals surface area contributed by atoms with Crippen molar-refractivity contribution in [3.8, 4) is 0 Å². The van der Waals surface area contributed by atoms with Gasteiger partial charge in [0.2, 0.25) is 0 Å². The van der Waals surface area contributed by atoms with Crippen LogP contribution in [-0.4, -0.2) is 20.2 Å². The first kappa shape index (κ1) is 8.84. The first-order valence-electron chi connectivity index (χ1n) is 4.88. The Kier molecular flexibility index (Phi) is 2.00. The van der Waals surface area contributed by atoms with Gasteiger partial charge in [-0.25, -0.2) is 9.97 Å². The number of hydrogen-bond donors (Lipinski definition) is 2. The summed E-state index contributed by atoms with van der Waals surface area (Å²) in [6.45, 7) is 0. The summed E-state index contributed by atoms with van der Waals surface area (Å²) in [6.07, 6.45) is 5.00. The van der Waals surface area contributed by atoms with E-state index in [1.165, 1.54) is 6.33 Å². The normalized spacial score (nSPS) is 10.5. The van der Waals surface area contributed by atoms with Gasteiger partial charge in [0.15, 0.2) is 0 Å².